The molecule has 7 nitrogen and oxygen atoms in total. The molecular formula is C21H26N2O5. The Balaban J connectivity index is 1.74. The lowest BCUT2D eigenvalue weighted by Gasteiger charge is -2.33. The van der Waals surface area contributed by atoms with E-state index in [1.165, 1.54) is 21.3 Å². The third-order valence-corrected chi connectivity index (χ3v) is 4.66. The van der Waals surface area contributed by atoms with Crippen LogP contribution < -0.4 is 24.4 Å². The molecule has 1 unspecified atom stereocenters. The fraction of sp³-hybridized carbons (Fsp3) is 0.381. The van der Waals surface area contributed by atoms with Crippen LogP contribution in [0.5, 0.6) is 17.2 Å². The van der Waals surface area contributed by atoms with E-state index in [0.29, 0.717) is 28.5 Å². The van der Waals surface area contributed by atoms with E-state index in [4.69, 9.17) is 18.9 Å². The van der Waals surface area contributed by atoms with Crippen LogP contribution in [0.1, 0.15) is 17.3 Å². The zero-order valence-corrected chi connectivity index (χ0v) is 16.7. The minimum absolute atomic E-state index is 0.216. The highest BCUT2D eigenvalue weighted by Gasteiger charge is 2.18. The number of anilines is 2. The first-order chi connectivity index (χ1) is 13.5. The number of hydrogen-bond donors (Lipinski definition) is 1. The molecule has 1 aliphatic rings. The van der Waals surface area contributed by atoms with Gasteiger partial charge in [-0.3, -0.25) is 4.79 Å². The monoisotopic (exact) mass is 386 g/mol. The molecule has 0 spiro atoms. The third kappa shape index (κ3) is 4.31. The fourth-order valence-corrected chi connectivity index (χ4v) is 3.22. The lowest BCUT2D eigenvalue weighted by Crippen LogP contribution is -2.41. The van der Waals surface area contributed by atoms with Crippen LogP contribution in [-0.4, -0.2) is 53.0 Å². The largest absolute Gasteiger partial charge is 0.493 e. The van der Waals surface area contributed by atoms with Crippen LogP contribution in [0, 0.1) is 0 Å². The van der Waals surface area contributed by atoms with E-state index in [2.05, 4.69) is 17.1 Å². The number of amides is 1. The van der Waals surface area contributed by atoms with E-state index < -0.39 is 0 Å². The van der Waals surface area contributed by atoms with Crippen molar-refractivity contribution in [3.8, 4) is 17.2 Å². The van der Waals surface area contributed by atoms with E-state index in [1.807, 2.05) is 24.3 Å². The first kappa shape index (κ1) is 19.8. The number of carbonyl (C=O) groups excluding carboxylic acids is 1. The van der Waals surface area contributed by atoms with Gasteiger partial charge in [0.2, 0.25) is 5.75 Å². The van der Waals surface area contributed by atoms with E-state index in [1.54, 1.807) is 12.1 Å². The quantitative estimate of drug-likeness (QED) is 0.822. The van der Waals surface area contributed by atoms with Crippen molar-refractivity contribution in [2.75, 3.05) is 51.2 Å². The minimum Gasteiger partial charge on any atom is -0.493 e. The van der Waals surface area contributed by atoms with Crippen molar-refractivity contribution in [3.05, 3.63) is 42.0 Å². The Morgan fingerprint density at radius 3 is 2.25 bits per heavy atom. The van der Waals surface area contributed by atoms with Gasteiger partial charge < -0.3 is 29.2 Å². The van der Waals surface area contributed by atoms with Gasteiger partial charge in [-0.2, -0.15) is 0 Å². The van der Waals surface area contributed by atoms with Crippen LogP contribution in [0.4, 0.5) is 11.4 Å². The third-order valence-electron chi connectivity index (χ3n) is 4.66. The molecule has 7 heteroatoms. The zero-order valence-electron chi connectivity index (χ0n) is 16.7. The van der Waals surface area contributed by atoms with Crippen molar-refractivity contribution >= 4 is 17.3 Å². The Labute approximate surface area is 165 Å². The predicted molar refractivity (Wildman–Crippen MR) is 108 cm³/mol. The van der Waals surface area contributed by atoms with Gasteiger partial charge in [0.05, 0.1) is 34.0 Å². The number of rotatable bonds is 6. The summed E-state index contributed by atoms with van der Waals surface area (Å²) < 4.78 is 21.5. The molecule has 0 aromatic heterocycles. The molecule has 1 heterocycles. The molecule has 2 aromatic carbocycles. The van der Waals surface area contributed by atoms with E-state index in [0.717, 1.165) is 25.4 Å². The SMILES string of the molecule is COc1cc(C(=O)Nc2ccc(N3CCOC(C)C3)cc2)cc(OC)c1OC. The average Bonchev–Trinajstić information content (AvgIpc) is 2.73. The van der Waals surface area contributed by atoms with Crippen LogP contribution in [-0.2, 0) is 4.74 Å². The van der Waals surface area contributed by atoms with Crippen LogP contribution in [0.25, 0.3) is 0 Å². The lowest BCUT2D eigenvalue weighted by atomic mass is 10.1. The van der Waals surface area contributed by atoms with Gasteiger partial charge in [0.25, 0.3) is 5.91 Å². The van der Waals surface area contributed by atoms with Gasteiger partial charge in [-0.05, 0) is 43.3 Å². The highest BCUT2D eigenvalue weighted by atomic mass is 16.5. The molecule has 1 fully saturated rings. The Hall–Kier alpha value is -2.93. The van der Waals surface area contributed by atoms with E-state index >= 15 is 0 Å². The molecule has 150 valence electrons. The molecule has 2 aromatic rings. The predicted octanol–water partition coefficient (Wildman–Crippen LogP) is 3.19. The van der Waals surface area contributed by atoms with Gasteiger partial charge in [0, 0.05) is 30.0 Å². The van der Waals surface area contributed by atoms with Crippen LogP contribution >= 0.6 is 0 Å². The van der Waals surface area contributed by atoms with Crippen molar-refractivity contribution in [2.24, 2.45) is 0 Å². The number of carbonyl (C=O) groups is 1. The standard InChI is InChI=1S/C21H26N2O5/c1-14-13-23(9-10-28-14)17-7-5-16(6-8-17)22-21(24)15-11-18(25-2)20(27-4)19(12-15)26-3/h5-8,11-12,14H,9-10,13H2,1-4H3,(H,22,24). The second kappa shape index (κ2) is 8.84. The maximum atomic E-state index is 12.7. The average molecular weight is 386 g/mol. The normalized spacial score (nSPS) is 16.4. The molecule has 0 radical (unpaired) electrons. The highest BCUT2D eigenvalue weighted by molar-refractivity contribution is 6.05. The molecule has 1 saturated heterocycles. The summed E-state index contributed by atoms with van der Waals surface area (Å²) in [5, 5.41) is 2.90. The molecular weight excluding hydrogens is 360 g/mol. The summed E-state index contributed by atoms with van der Waals surface area (Å²) in [5.41, 5.74) is 2.24. The Morgan fingerprint density at radius 2 is 1.71 bits per heavy atom. The number of nitrogens with zero attached hydrogens (tertiary/aromatic N) is 1. The smallest absolute Gasteiger partial charge is 0.255 e. The van der Waals surface area contributed by atoms with Crippen molar-refractivity contribution in [1.82, 2.24) is 0 Å². The lowest BCUT2D eigenvalue weighted by molar-refractivity contribution is 0.0532. The van der Waals surface area contributed by atoms with Gasteiger partial charge in [-0.25, -0.2) is 0 Å². The molecule has 28 heavy (non-hydrogen) atoms. The van der Waals surface area contributed by atoms with E-state index in [9.17, 15) is 4.79 Å². The molecule has 1 amide bonds. The Kier molecular flexibility index (Phi) is 6.26. The molecule has 0 bridgehead atoms. The first-order valence-electron chi connectivity index (χ1n) is 9.13. The van der Waals surface area contributed by atoms with Gasteiger partial charge in [-0.15, -0.1) is 0 Å². The summed E-state index contributed by atoms with van der Waals surface area (Å²) in [6, 6.07) is 11.0. The second-order valence-electron chi connectivity index (χ2n) is 6.54. The molecule has 0 saturated carbocycles. The fourth-order valence-electron chi connectivity index (χ4n) is 3.22. The topological polar surface area (TPSA) is 69.3 Å². The number of ether oxygens (including phenoxy) is 4. The highest BCUT2D eigenvalue weighted by Crippen LogP contribution is 2.38. The van der Waals surface area contributed by atoms with Crippen molar-refractivity contribution in [2.45, 2.75) is 13.0 Å². The summed E-state index contributed by atoms with van der Waals surface area (Å²) in [5.74, 6) is 1.06. The van der Waals surface area contributed by atoms with Gasteiger partial charge in [0.15, 0.2) is 11.5 Å². The number of nitrogens with one attached hydrogen (secondary N) is 1. The van der Waals surface area contributed by atoms with Crippen molar-refractivity contribution < 1.29 is 23.7 Å². The van der Waals surface area contributed by atoms with Crippen molar-refractivity contribution in [1.29, 1.82) is 0 Å². The summed E-state index contributed by atoms with van der Waals surface area (Å²) in [7, 11) is 4.56. The number of benzene rings is 2. The molecule has 1 aliphatic heterocycles. The molecule has 0 aliphatic carbocycles. The van der Waals surface area contributed by atoms with Crippen LogP contribution in [0.2, 0.25) is 0 Å². The van der Waals surface area contributed by atoms with Gasteiger partial charge in [-0.1, -0.05) is 0 Å². The number of morpholine rings is 1. The second-order valence-corrected chi connectivity index (χ2v) is 6.54. The Morgan fingerprint density at radius 1 is 1.07 bits per heavy atom. The zero-order chi connectivity index (χ0) is 20.1. The Bertz CT molecular complexity index is 797. The van der Waals surface area contributed by atoms with E-state index in [-0.39, 0.29) is 12.0 Å². The minimum atomic E-state index is -0.257. The molecule has 1 N–H and O–H groups in total. The van der Waals surface area contributed by atoms with Crippen LogP contribution in [0.15, 0.2) is 36.4 Å². The molecule has 3 rings (SSSR count). The van der Waals surface area contributed by atoms with Crippen molar-refractivity contribution in [3.63, 3.8) is 0 Å². The van der Waals surface area contributed by atoms with Crippen LogP contribution in [0.3, 0.4) is 0 Å². The summed E-state index contributed by atoms with van der Waals surface area (Å²) in [4.78, 5) is 15.0. The first-order valence-corrected chi connectivity index (χ1v) is 9.13. The maximum absolute atomic E-state index is 12.7. The van der Waals surface area contributed by atoms with Gasteiger partial charge in [0.1, 0.15) is 0 Å². The number of hydrogen-bond acceptors (Lipinski definition) is 6. The number of methoxy groups -OCH3 is 3. The molecule has 1 atom stereocenters. The summed E-state index contributed by atoms with van der Waals surface area (Å²) in [6.45, 7) is 4.51. The summed E-state index contributed by atoms with van der Waals surface area (Å²) >= 11 is 0. The summed E-state index contributed by atoms with van der Waals surface area (Å²) in [6.07, 6.45) is 0.216. The van der Waals surface area contributed by atoms with Gasteiger partial charge >= 0.3 is 0 Å². The maximum Gasteiger partial charge on any atom is 0.255 e.